The molecule has 1 aromatic heterocycles. The molecular weight excluding hydrogens is 288 g/mol. The highest BCUT2D eigenvalue weighted by Gasteiger charge is 2.10. The zero-order valence-electron chi connectivity index (χ0n) is 14.0. The van der Waals surface area contributed by atoms with Gasteiger partial charge < -0.3 is 10.6 Å². The zero-order valence-corrected chi connectivity index (χ0v) is 14.0. The molecule has 0 aliphatic carbocycles. The number of aryl methyl sites for hydroxylation is 2. The van der Waals surface area contributed by atoms with Crippen molar-refractivity contribution in [1.82, 2.24) is 15.3 Å². The molecule has 122 valence electrons. The molecule has 0 fully saturated rings. The van der Waals surface area contributed by atoms with E-state index in [2.05, 4.69) is 27.5 Å². The Bertz CT molecular complexity index is 670. The van der Waals surface area contributed by atoms with Gasteiger partial charge in [0.1, 0.15) is 5.69 Å². The molecule has 0 unspecified atom stereocenters. The summed E-state index contributed by atoms with van der Waals surface area (Å²) in [4.78, 5) is 20.9. The molecular formula is C18H24N4O. The first kappa shape index (κ1) is 16.9. The lowest BCUT2D eigenvalue weighted by Crippen LogP contribution is -2.25. The van der Waals surface area contributed by atoms with Crippen LogP contribution < -0.4 is 10.6 Å². The summed E-state index contributed by atoms with van der Waals surface area (Å²) in [6.07, 6.45) is 3.23. The van der Waals surface area contributed by atoms with Crippen LogP contribution in [-0.4, -0.2) is 22.4 Å². The standard InChI is InChI=1S/C18H24N4O/c1-4-5-6-10-19-17(23)16-12-14(3)20-18(22-16)21-15-9-7-8-13(2)11-15/h7-9,11-12H,4-6,10H2,1-3H3,(H,19,23)(H,20,21,22). The van der Waals surface area contributed by atoms with Crippen molar-refractivity contribution in [3.63, 3.8) is 0 Å². The fourth-order valence-corrected chi connectivity index (χ4v) is 2.26. The van der Waals surface area contributed by atoms with Gasteiger partial charge in [0, 0.05) is 17.9 Å². The van der Waals surface area contributed by atoms with Gasteiger partial charge >= 0.3 is 0 Å². The summed E-state index contributed by atoms with van der Waals surface area (Å²) in [6.45, 7) is 6.70. The smallest absolute Gasteiger partial charge is 0.270 e. The maximum atomic E-state index is 12.2. The van der Waals surface area contributed by atoms with E-state index in [0.29, 0.717) is 18.2 Å². The number of rotatable bonds is 7. The molecule has 23 heavy (non-hydrogen) atoms. The summed E-state index contributed by atoms with van der Waals surface area (Å²) >= 11 is 0. The summed E-state index contributed by atoms with van der Waals surface area (Å²) in [5.74, 6) is 0.285. The summed E-state index contributed by atoms with van der Waals surface area (Å²) in [6, 6.07) is 9.65. The molecule has 0 aliphatic rings. The van der Waals surface area contributed by atoms with E-state index in [1.165, 1.54) is 0 Å². The first-order valence-corrected chi connectivity index (χ1v) is 8.06. The van der Waals surface area contributed by atoms with Gasteiger partial charge in [-0.1, -0.05) is 31.9 Å². The molecule has 1 heterocycles. The van der Waals surface area contributed by atoms with Crippen molar-refractivity contribution in [2.24, 2.45) is 0 Å². The number of carbonyl (C=O) groups excluding carboxylic acids is 1. The van der Waals surface area contributed by atoms with Crippen LogP contribution in [0.25, 0.3) is 0 Å². The van der Waals surface area contributed by atoms with Crippen molar-refractivity contribution in [3.05, 3.63) is 47.3 Å². The number of benzene rings is 1. The highest BCUT2D eigenvalue weighted by molar-refractivity contribution is 5.92. The number of hydrogen-bond donors (Lipinski definition) is 2. The maximum Gasteiger partial charge on any atom is 0.270 e. The molecule has 2 rings (SSSR count). The molecule has 2 N–H and O–H groups in total. The average Bonchev–Trinajstić information content (AvgIpc) is 2.51. The van der Waals surface area contributed by atoms with Crippen LogP contribution >= 0.6 is 0 Å². The third-order valence-corrected chi connectivity index (χ3v) is 3.43. The fourth-order valence-electron chi connectivity index (χ4n) is 2.26. The van der Waals surface area contributed by atoms with Crippen molar-refractivity contribution >= 4 is 17.5 Å². The summed E-state index contributed by atoms with van der Waals surface area (Å²) in [5, 5.41) is 6.06. The molecule has 0 aliphatic heterocycles. The SMILES string of the molecule is CCCCCNC(=O)c1cc(C)nc(Nc2cccc(C)c2)n1. The molecule has 0 bridgehead atoms. The first-order valence-electron chi connectivity index (χ1n) is 8.06. The van der Waals surface area contributed by atoms with Gasteiger partial charge in [-0.2, -0.15) is 0 Å². The van der Waals surface area contributed by atoms with E-state index in [1.54, 1.807) is 6.07 Å². The minimum Gasteiger partial charge on any atom is -0.351 e. The van der Waals surface area contributed by atoms with Crippen LogP contribution in [0.4, 0.5) is 11.6 Å². The van der Waals surface area contributed by atoms with E-state index in [0.717, 1.165) is 36.2 Å². The van der Waals surface area contributed by atoms with Crippen LogP contribution in [0.5, 0.6) is 0 Å². The lowest BCUT2D eigenvalue weighted by atomic mass is 10.2. The Morgan fingerprint density at radius 1 is 1.13 bits per heavy atom. The van der Waals surface area contributed by atoms with E-state index < -0.39 is 0 Å². The van der Waals surface area contributed by atoms with Crippen LogP contribution in [0.2, 0.25) is 0 Å². The van der Waals surface area contributed by atoms with Gasteiger partial charge in [-0.25, -0.2) is 9.97 Å². The number of nitrogens with zero attached hydrogens (tertiary/aromatic N) is 2. The third-order valence-electron chi connectivity index (χ3n) is 3.43. The van der Waals surface area contributed by atoms with Crippen LogP contribution in [0, 0.1) is 13.8 Å². The highest BCUT2D eigenvalue weighted by atomic mass is 16.1. The summed E-state index contributed by atoms with van der Waals surface area (Å²) in [7, 11) is 0. The van der Waals surface area contributed by atoms with Crippen molar-refractivity contribution in [2.75, 3.05) is 11.9 Å². The van der Waals surface area contributed by atoms with Gasteiger partial charge in [-0.15, -0.1) is 0 Å². The zero-order chi connectivity index (χ0) is 16.7. The Hall–Kier alpha value is -2.43. The molecule has 5 nitrogen and oxygen atoms in total. The van der Waals surface area contributed by atoms with Gasteiger partial charge in [0.2, 0.25) is 5.95 Å². The molecule has 1 amide bonds. The fraction of sp³-hybridized carbons (Fsp3) is 0.389. The molecule has 0 saturated carbocycles. The van der Waals surface area contributed by atoms with E-state index in [-0.39, 0.29) is 5.91 Å². The summed E-state index contributed by atoms with van der Waals surface area (Å²) < 4.78 is 0. The van der Waals surface area contributed by atoms with Crippen molar-refractivity contribution in [3.8, 4) is 0 Å². The van der Waals surface area contributed by atoms with E-state index >= 15 is 0 Å². The molecule has 2 aromatic rings. The van der Waals surface area contributed by atoms with Gasteiger partial charge in [-0.3, -0.25) is 4.79 Å². The number of anilines is 2. The van der Waals surface area contributed by atoms with Gasteiger partial charge in [0.15, 0.2) is 0 Å². The van der Waals surface area contributed by atoms with Crippen LogP contribution in [0.1, 0.15) is 47.9 Å². The van der Waals surface area contributed by atoms with Crippen LogP contribution in [0.3, 0.4) is 0 Å². The van der Waals surface area contributed by atoms with E-state index in [1.807, 2.05) is 38.1 Å². The molecule has 5 heteroatoms. The number of aromatic nitrogens is 2. The predicted molar refractivity (Wildman–Crippen MR) is 93.1 cm³/mol. The number of hydrogen-bond acceptors (Lipinski definition) is 4. The maximum absolute atomic E-state index is 12.2. The Morgan fingerprint density at radius 3 is 2.70 bits per heavy atom. The largest absolute Gasteiger partial charge is 0.351 e. The van der Waals surface area contributed by atoms with Crippen LogP contribution in [-0.2, 0) is 0 Å². The second-order valence-electron chi connectivity index (χ2n) is 5.68. The molecule has 0 atom stereocenters. The number of amides is 1. The van der Waals surface area contributed by atoms with E-state index in [9.17, 15) is 4.79 Å². The van der Waals surface area contributed by atoms with Gasteiger partial charge in [-0.05, 0) is 44.0 Å². The third kappa shape index (κ3) is 5.36. The Labute approximate surface area is 137 Å². The molecule has 1 aromatic carbocycles. The molecule has 0 spiro atoms. The Morgan fingerprint density at radius 2 is 1.96 bits per heavy atom. The predicted octanol–water partition coefficient (Wildman–Crippen LogP) is 3.76. The Balaban J connectivity index is 2.07. The lowest BCUT2D eigenvalue weighted by Gasteiger charge is -2.09. The van der Waals surface area contributed by atoms with Crippen molar-refractivity contribution < 1.29 is 4.79 Å². The van der Waals surface area contributed by atoms with Crippen molar-refractivity contribution in [1.29, 1.82) is 0 Å². The van der Waals surface area contributed by atoms with Crippen LogP contribution in [0.15, 0.2) is 30.3 Å². The monoisotopic (exact) mass is 312 g/mol. The second-order valence-corrected chi connectivity index (χ2v) is 5.68. The van der Waals surface area contributed by atoms with Crippen molar-refractivity contribution in [2.45, 2.75) is 40.0 Å². The molecule has 0 radical (unpaired) electrons. The summed E-state index contributed by atoms with van der Waals surface area (Å²) in [5.41, 5.74) is 3.21. The quantitative estimate of drug-likeness (QED) is 0.764. The first-order chi connectivity index (χ1) is 11.1. The minimum absolute atomic E-state index is 0.154. The lowest BCUT2D eigenvalue weighted by molar-refractivity contribution is 0.0948. The average molecular weight is 312 g/mol. The molecule has 0 saturated heterocycles. The normalized spacial score (nSPS) is 10.4. The second kappa shape index (κ2) is 8.27. The number of carbonyl (C=O) groups is 1. The Kier molecular flexibility index (Phi) is 6.09. The van der Waals surface area contributed by atoms with Gasteiger partial charge in [0.25, 0.3) is 5.91 Å². The van der Waals surface area contributed by atoms with Gasteiger partial charge in [0.05, 0.1) is 0 Å². The highest BCUT2D eigenvalue weighted by Crippen LogP contribution is 2.15. The number of nitrogens with one attached hydrogen (secondary N) is 2. The van der Waals surface area contributed by atoms with E-state index in [4.69, 9.17) is 0 Å². The topological polar surface area (TPSA) is 66.9 Å². The number of unbranched alkanes of at least 4 members (excludes halogenated alkanes) is 2. The minimum atomic E-state index is -0.154.